The second kappa shape index (κ2) is 7.92. The highest BCUT2D eigenvalue weighted by Crippen LogP contribution is 2.28. The molecule has 0 bridgehead atoms. The molecule has 0 spiro atoms. The van der Waals surface area contributed by atoms with E-state index in [1.165, 1.54) is 5.56 Å². The van der Waals surface area contributed by atoms with Gasteiger partial charge in [0.25, 0.3) is 0 Å². The van der Waals surface area contributed by atoms with Gasteiger partial charge in [-0.2, -0.15) is 0 Å². The predicted molar refractivity (Wildman–Crippen MR) is 102 cm³/mol. The third-order valence-electron chi connectivity index (χ3n) is 5.02. The predicted octanol–water partition coefficient (Wildman–Crippen LogP) is 4.24. The normalized spacial score (nSPS) is 17.4. The summed E-state index contributed by atoms with van der Waals surface area (Å²) in [6.45, 7) is 8.27. The molecule has 0 radical (unpaired) electrons. The lowest BCUT2D eigenvalue weighted by molar-refractivity contribution is -0.142. The molecule has 0 aromatic heterocycles. The van der Waals surface area contributed by atoms with E-state index >= 15 is 0 Å². The van der Waals surface area contributed by atoms with Crippen LogP contribution >= 0.6 is 0 Å². The zero-order valence-electron chi connectivity index (χ0n) is 15.8. The Morgan fingerprint density at radius 3 is 2.54 bits per heavy atom. The van der Waals surface area contributed by atoms with Gasteiger partial charge < -0.3 is 9.84 Å². The Morgan fingerprint density at radius 1 is 1.15 bits per heavy atom. The van der Waals surface area contributed by atoms with Crippen LogP contribution in [-0.2, 0) is 17.9 Å². The zero-order valence-corrected chi connectivity index (χ0v) is 15.8. The maximum Gasteiger partial charge on any atom is 0.320 e. The molecule has 2 aromatic carbocycles. The minimum absolute atomic E-state index is 0.354. The number of carbonyl (C=O) groups is 1. The highest BCUT2D eigenvalue weighted by Gasteiger charge is 2.30. The van der Waals surface area contributed by atoms with E-state index in [0.29, 0.717) is 13.2 Å². The monoisotopic (exact) mass is 353 g/mol. The lowest BCUT2D eigenvalue weighted by Gasteiger charge is -2.22. The minimum atomic E-state index is -0.714. The third-order valence-corrected chi connectivity index (χ3v) is 5.02. The second-order valence-corrected chi connectivity index (χ2v) is 7.30. The molecule has 1 aliphatic rings. The van der Waals surface area contributed by atoms with Gasteiger partial charge in [0.2, 0.25) is 0 Å². The summed E-state index contributed by atoms with van der Waals surface area (Å²) in [6.07, 6.45) is 1.69. The number of ether oxygens (including phenoxy) is 1. The van der Waals surface area contributed by atoms with Gasteiger partial charge in [-0.1, -0.05) is 42.0 Å². The van der Waals surface area contributed by atoms with Gasteiger partial charge in [-0.3, -0.25) is 9.69 Å². The zero-order chi connectivity index (χ0) is 18.7. The van der Waals surface area contributed by atoms with Crippen molar-refractivity contribution < 1.29 is 14.6 Å². The van der Waals surface area contributed by atoms with E-state index in [0.717, 1.165) is 47.4 Å². The summed E-state index contributed by atoms with van der Waals surface area (Å²) in [5, 5.41) is 9.35. The Morgan fingerprint density at radius 2 is 1.88 bits per heavy atom. The smallest absolute Gasteiger partial charge is 0.320 e. The SMILES string of the molecule is Cc1cccc(COc2c(C)cc(CN3CCCC3C(=O)O)cc2C)c1. The molecule has 4 nitrogen and oxygen atoms in total. The van der Waals surface area contributed by atoms with Crippen molar-refractivity contribution in [2.75, 3.05) is 6.54 Å². The molecule has 1 aliphatic heterocycles. The van der Waals surface area contributed by atoms with Crippen LogP contribution in [0, 0.1) is 20.8 Å². The topological polar surface area (TPSA) is 49.8 Å². The van der Waals surface area contributed by atoms with E-state index in [4.69, 9.17) is 4.74 Å². The van der Waals surface area contributed by atoms with Crippen LogP contribution in [0.25, 0.3) is 0 Å². The number of hydrogen-bond acceptors (Lipinski definition) is 3. The lowest BCUT2D eigenvalue weighted by Crippen LogP contribution is -2.35. The van der Waals surface area contributed by atoms with E-state index < -0.39 is 5.97 Å². The van der Waals surface area contributed by atoms with Gasteiger partial charge in [0, 0.05) is 6.54 Å². The Balaban J connectivity index is 1.71. The van der Waals surface area contributed by atoms with Crippen LogP contribution in [0.3, 0.4) is 0 Å². The highest BCUT2D eigenvalue weighted by molar-refractivity contribution is 5.73. The van der Waals surface area contributed by atoms with Crippen LogP contribution in [0.1, 0.15) is 40.7 Å². The van der Waals surface area contributed by atoms with Crippen LogP contribution < -0.4 is 4.74 Å². The quantitative estimate of drug-likeness (QED) is 0.844. The first-order chi connectivity index (χ1) is 12.4. The molecule has 26 heavy (non-hydrogen) atoms. The Bertz CT molecular complexity index is 777. The molecule has 1 unspecified atom stereocenters. The van der Waals surface area contributed by atoms with E-state index in [-0.39, 0.29) is 6.04 Å². The first kappa shape index (κ1) is 18.5. The van der Waals surface area contributed by atoms with Crippen LogP contribution in [0.4, 0.5) is 0 Å². The molecule has 1 saturated heterocycles. The number of aryl methyl sites for hydroxylation is 3. The summed E-state index contributed by atoms with van der Waals surface area (Å²) in [5.74, 6) is 0.209. The first-order valence-corrected chi connectivity index (χ1v) is 9.19. The van der Waals surface area contributed by atoms with Crippen molar-refractivity contribution in [2.24, 2.45) is 0 Å². The fourth-order valence-corrected chi connectivity index (χ4v) is 3.85. The fraction of sp³-hybridized carbons (Fsp3) is 0.409. The maximum atomic E-state index is 11.4. The molecule has 1 heterocycles. The Kier molecular flexibility index (Phi) is 5.62. The number of carboxylic acid groups (broad SMARTS) is 1. The van der Waals surface area contributed by atoms with Gasteiger partial charge in [0.05, 0.1) is 0 Å². The molecular weight excluding hydrogens is 326 g/mol. The molecule has 1 atom stereocenters. The van der Waals surface area contributed by atoms with E-state index in [9.17, 15) is 9.90 Å². The highest BCUT2D eigenvalue weighted by atomic mass is 16.5. The molecule has 4 heteroatoms. The van der Waals surface area contributed by atoms with Crippen LogP contribution in [0.5, 0.6) is 5.75 Å². The molecule has 0 aliphatic carbocycles. The van der Waals surface area contributed by atoms with Gasteiger partial charge >= 0.3 is 5.97 Å². The first-order valence-electron chi connectivity index (χ1n) is 9.19. The van der Waals surface area contributed by atoms with Gasteiger partial charge in [-0.25, -0.2) is 0 Å². The summed E-state index contributed by atoms with van der Waals surface area (Å²) < 4.78 is 6.09. The average molecular weight is 353 g/mol. The minimum Gasteiger partial charge on any atom is -0.488 e. The summed E-state index contributed by atoms with van der Waals surface area (Å²) in [6, 6.07) is 12.2. The van der Waals surface area contributed by atoms with E-state index in [2.05, 4.69) is 56.0 Å². The van der Waals surface area contributed by atoms with Crippen LogP contribution in [0.2, 0.25) is 0 Å². The molecular formula is C22H27NO3. The number of likely N-dealkylation sites (tertiary alicyclic amines) is 1. The average Bonchev–Trinajstić information content (AvgIpc) is 3.02. The largest absolute Gasteiger partial charge is 0.488 e. The van der Waals surface area contributed by atoms with Crippen LogP contribution in [0.15, 0.2) is 36.4 Å². The van der Waals surface area contributed by atoms with Crippen molar-refractivity contribution in [1.82, 2.24) is 4.90 Å². The molecule has 138 valence electrons. The summed E-state index contributed by atoms with van der Waals surface area (Å²) in [5.41, 5.74) is 5.73. The third kappa shape index (κ3) is 4.25. The molecule has 0 saturated carbocycles. The van der Waals surface area contributed by atoms with Gasteiger partial charge in [-0.05, 0) is 62.4 Å². The number of rotatable bonds is 6. The summed E-state index contributed by atoms with van der Waals surface area (Å²) in [4.78, 5) is 13.4. The molecule has 1 N–H and O–H groups in total. The molecule has 0 amide bonds. The summed E-state index contributed by atoms with van der Waals surface area (Å²) in [7, 11) is 0. The lowest BCUT2D eigenvalue weighted by atomic mass is 10.0. The fourth-order valence-electron chi connectivity index (χ4n) is 3.85. The molecule has 1 fully saturated rings. The Hall–Kier alpha value is -2.33. The van der Waals surface area contributed by atoms with E-state index in [1.54, 1.807) is 0 Å². The summed E-state index contributed by atoms with van der Waals surface area (Å²) >= 11 is 0. The van der Waals surface area contributed by atoms with Crippen molar-refractivity contribution in [1.29, 1.82) is 0 Å². The standard InChI is InChI=1S/C22H27NO3/c1-15-6-4-7-18(10-15)14-26-21-16(2)11-19(12-17(21)3)13-23-9-5-8-20(23)22(24)25/h4,6-7,10-12,20H,5,8-9,13-14H2,1-3H3,(H,24,25). The van der Waals surface area contributed by atoms with Gasteiger partial charge in [0.15, 0.2) is 0 Å². The molecule has 2 aromatic rings. The Labute approximate surface area is 155 Å². The number of nitrogens with zero attached hydrogens (tertiary/aromatic N) is 1. The number of aliphatic carboxylic acids is 1. The number of benzene rings is 2. The van der Waals surface area contributed by atoms with Crippen molar-refractivity contribution in [3.8, 4) is 5.75 Å². The number of carboxylic acids is 1. The van der Waals surface area contributed by atoms with Gasteiger partial charge in [-0.15, -0.1) is 0 Å². The van der Waals surface area contributed by atoms with Crippen molar-refractivity contribution in [2.45, 2.75) is 52.8 Å². The van der Waals surface area contributed by atoms with Crippen LogP contribution in [-0.4, -0.2) is 28.6 Å². The number of hydrogen-bond donors (Lipinski definition) is 1. The van der Waals surface area contributed by atoms with Crippen molar-refractivity contribution >= 4 is 5.97 Å². The van der Waals surface area contributed by atoms with Crippen molar-refractivity contribution in [3.63, 3.8) is 0 Å². The van der Waals surface area contributed by atoms with Crippen molar-refractivity contribution in [3.05, 3.63) is 64.2 Å². The van der Waals surface area contributed by atoms with Gasteiger partial charge in [0.1, 0.15) is 18.4 Å². The molecule has 3 rings (SSSR count). The maximum absolute atomic E-state index is 11.4. The second-order valence-electron chi connectivity index (χ2n) is 7.30. The van der Waals surface area contributed by atoms with E-state index in [1.807, 2.05) is 6.07 Å².